The van der Waals surface area contributed by atoms with E-state index in [1.807, 2.05) is 11.3 Å². The Bertz CT molecular complexity index is 491. The summed E-state index contributed by atoms with van der Waals surface area (Å²) in [7, 11) is 2.06. The summed E-state index contributed by atoms with van der Waals surface area (Å²) in [6.45, 7) is 3.37. The van der Waals surface area contributed by atoms with E-state index in [2.05, 4.69) is 41.5 Å². The van der Waals surface area contributed by atoms with Gasteiger partial charge >= 0.3 is 0 Å². The molecule has 1 aromatic heterocycles. The molecule has 0 atom stereocenters. The summed E-state index contributed by atoms with van der Waals surface area (Å²) in [6, 6.07) is 9.11. The fourth-order valence-electron chi connectivity index (χ4n) is 2.56. The largest absolute Gasteiger partial charge is 0.317 e. The predicted molar refractivity (Wildman–Crippen MR) is 91.5 cm³/mol. The number of hydrogen-bond donors (Lipinski definition) is 1. The lowest BCUT2D eigenvalue weighted by atomic mass is 10.1. The van der Waals surface area contributed by atoms with E-state index >= 15 is 0 Å². The molecule has 0 amide bonds. The maximum atomic E-state index is 4.71. The number of likely N-dealkylation sites (tertiary alicyclic amines) is 1. The Labute approximate surface area is 136 Å². The second-order valence-electron chi connectivity index (χ2n) is 4.91. The first-order valence-electron chi connectivity index (χ1n) is 6.59. The summed E-state index contributed by atoms with van der Waals surface area (Å²) < 4.78 is 1.30. The number of nitrogens with one attached hydrogen (secondary N) is 1. The van der Waals surface area contributed by atoms with E-state index in [0.717, 1.165) is 12.1 Å². The molecule has 0 saturated carbocycles. The highest BCUT2D eigenvalue weighted by Crippen LogP contribution is 2.23. The van der Waals surface area contributed by atoms with Crippen molar-refractivity contribution in [3.05, 3.63) is 29.3 Å². The average Bonchev–Trinajstić information content (AvgIpc) is 2.82. The van der Waals surface area contributed by atoms with Crippen LogP contribution in [0.3, 0.4) is 0 Å². The van der Waals surface area contributed by atoms with Crippen LogP contribution in [0.4, 0.5) is 0 Å². The minimum Gasteiger partial charge on any atom is -0.317 e. The minimum atomic E-state index is 0. The first kappa shape index (κ1) is 17.7. The Morgan fingerprint density at radius 2 is 1.95 bits per heavy atom. The zero-order chi connectivity index (χ0) is 12.4. The maximum Gasteiger partial charge on any atom is 0.108 e. The first-order valence-corrected chi connectivity index (χ1v) is 7.41. The van der Waals surface area contributed by atoms with Crippen molar-refractivity contribution < 1.29 is 0 Å². The number of halogens is 2. The highest BCUT2D eigenvalue weighted by Gasteiger charge is 2.18. The highest BCUT2D eigenvalue weighted by atomic mass is 35.5. The third kappa shape index (κ3) is 4.06. The van der Waals surface area contributed by atoms with Gasteiger partial charge in [0, 0.05) is 19.1 Å². The summed E-state index contributed by atoms with van der Waals surface area (Å²) in [5.41, 5.74) is 1.14. The number of aromatic nitrogens is 1. The van der Waals surface area contributed by atoms with Crippen LogP contribution in [0.1, 0.15) is 17.8 Å². The van der Waals surface area contributed by atoms with Crippen molar-refractivity contribution >= 4 is 46.4 Å². The summed E-state index contributed by atoms with van der Waals surface area (Å²) in [4.78, 5) is 7.23. The smallest absolute Gasteiger partial charge is 0.108 e. The van der Waals surface area contributed by atoms with E-state index in [-0.39, 0.29) is 24.8 Å². The monoisotopic (exact) mass is 333 g/mol. The Balaban J connectivity index is 0.000001000. The number of fused-ring (bicyclic) bond motifs is 1. The van der Waals surface area contributed by atoms with Crippen LogP contribution in [0.25, 0.3) is 10.2 Å². The lowest BCUT2D eigenvalue weighted by Gasteiger charge is -2.30. The van der Waals surface area contributed by atoms with Gasteiger partial charge in [0.1, 0.15) is 5.01 Å². The molecule has 1 fully saturated rings. The number of para-hydroxylation sites is 1. The molecule has 1 aromatic carbocycles. The Morgan fingerprint density at radius 1 is 1.25 bits per heavy atom. The fraction of sp³-hybridized carbons (Fsp3) is 0.500. The van der Waals surface area contributed by atoms with E-state index in [9.17, 15) is 0 Å². The number of thiazole rings is 1. The summed E-state index contributed by atoms with van der Waals surface area (Å²) >= 11 is 1.83. The zero-order valence-electron chi connectivity index (χ0n) is 11.5. The van der Waals surface area contributed by atoms with Gasteiger partial charge in [0.15, 0.2) is 0 Å². The van der Waals surface area contributed by atoms with Crippen LogP contribution in [0, 0.1) is 0 Å². The van der Waals surface area contributed by atoms with Gasteiger partial charge in [-0.05, 0) is 32.0 Å². The molecule has 0 unspecified atom stereocenters. The van der Waals surface area contributed by atoms with E-state index in [1.165, 1.54) is 35.6 Å². The van der Waals surface area contributed by atoms with Gasteiger partial charge in [-0.3, -0.25) is 4.90 Å². The maximum absolute atomic E-state index is 4.71. The van der Waals surface area contributed by atoms with Crippen molar-refractivity contribution in [1.29, 1.82) is 0 Å². The second-order valence-corrected chi connectivity index (χ2v) is 6.03. The number of hydrogen-bond acceptors (Lipinski definition) is 4. The minimum absolute atomic E-state index is 0. The molecule has 0 bridgehead atoms. The van der Waals surface area contributed by atoms with E-state index < -0.39 is 0 Å². The van der Waals surface area contributed by atoms with Crippen LogP contribution < -0.4 is 5.32 Å². The van der Waals surface area contributed by atoms with Gasteiger partial charge in [0.2, 0.25) is 0 Å². The molecular weight excluding hydrogens is 313 g/mol. The zero-order valence-corrected chi connectivity index (χ0v) is 14.0. The second kappa shape index (κ2) is 8.15. The van der Waals surface area contributed by atoms with Crippen LogP contribution in [0.15, 0.2) is 24.3 Å². The molecule has 1 N–H and O–H groups in total. The Kier molecular flexibility index (Phi) is 7.20. The molecule has 2 heterocycles. The fourth-order valence-corrected chi connectivity index (χ4v) is 3.57. The quantitative estimate of drug-likeness (QED) is 0.933. The number of benzene rings is 1. The number of nitrogens with zero attached hydrogens (tertiary/aromatic N) is 2. The van der Waals surface area contributed by atoms with Crippen molar-refractivity contribution in [3.63, 3.8) is 0 Å². The standard InChI is InChI=1S/C14H19N3S.2ClH/c1-15-11-6-8-17(9-7-11)10-14-16-12-4-2-3-5-13(12)18-14;;/h2-5,11,15H,6-10H2,1H3;2*1H. The van der Waals surface area contributed by atoms with Gasteiger partial charge in [0.25, 0.3) is 0 Å². The topological polar surface area (TPSA) is 28.2 Å². The third-order valence-electron chi connectivity index (χ3n) is 3.69. The SMILES string of the molecule is CNC1CCN(Cc2nc3ccccc3s2)CC1.Cl.Cl. The van der Waals surface area contributed by atoms with Crippen LogP contribution in [0.2, 0.25) is 0 Å². The first-order chi connectivity index (χ1) is 8.85. The molecule has 3 rings (SSSR count). The molecule has 2 aromatic rings. The van der Waals surface area contributed by atoms with Crippen molar-refractivity contribution in [1.82, 2.24) is 15.2 Å². The lowest BCUT2D eigenvalue weighted by molar-refractivity contribution is 0.194. The van der Waals surface area contributed by atoms with Crippen LogP contribution in [-0.2, 0) is 6.54 Å². The molecule has 1 aliphatic rings. The van der Waals surface area contributed by atoms with Crippen molar-refractivity contribution in [2.75, 3.05) is 20.1 Å². The van der Waals surface area contributed by atoms with E-state index in [0.29, 0.717) is 6.04 Å². The van der Waals surface area contributed by atoms with Crippen molar-refractivity contribution in [3.8, 4) is 0 Å². The summed E-state index contributed by atoms with van der Waals surface area (Å²) in [5, 5.41) is 4.62. The number of rotatable bonds is 3. The van der Waals surface area contributed by atoms with Crippen molar-refractivity contribution in [2.24, 2.45) is 0 Å². The lowest BCUT2D eigenvalue weighted by Crippen LogP contribution is -2.40. The molecule has 1 aliphatic heterocycles. The van der Waals surface area contributed by atoms with Gasteiger partial charge in [-0.25, -0.2) is 4.98 Å². The molecule has 112 valence electrons. The van der Waals surface area contributed by atoms with E-state index in [1.54, 1.807) is 0 Å². The molecule has 0 aliphatic carbocycles. The molecular formula is C14H21Cl2N3S. The van der Waals surface area contributed by atoms with Gasteiger partial charge < -0.3 is 5.32 Å². The Hall–Kier alpha value is -0.390. The molecule has 3 nitrogen and oxygen atoms in total. The molecule has 1 saturated heterocycles. The van der Waals surface area contributed by atoms with Crippen LogP contribution in [-0.4, -0.2) is 36.1 Å². The Morgan fingerprint density at radius 3 is 2.60 bits per heavy atom. The van der Waals surface area contributed by atoms with Crippen LogP contribution in [0.5, 0.6) is 0 Å². The van der Waals surface area contributed by atoms with Gasteiger partial charge in [-0.2, -0.15) is 0 Å². The van der Waals surface area contributed by atoms with Gasteiger partial charge in [0.05, 0.1) is 16.8 Å². The molecule has 0 spiro atoms. The number of piperidine rings is 1. The summed E-state index contributed by atoms with van der Waals surface area (Å²) in [5.74, 6) is 0. The molecule has 20 heavy (non-hydrogen) atoms. The molecule has 0 radical (unpaired) electrons. The van der Waals surface area contributed by atoms with Crippen LogP contribution >= 0.6 is 36.2 Å². The van der Waals surface area contributed by atoms with Crippen molar-refractivity contribution in [2.45, 2.75) is 25.4 Å². The molecule has 6 heteroatoms. The van der Waals surface area contributed by atoms with Gasteiger partial charge in [-0.15, -0.1) is 36.2 Å². The summed E-state index contributed by atoms with van der Waals surface area (Å²) in [6.07, 6.45) is 2.50. The third-order valence-corrected chi connectivity index (χ3v) is 4.71. The van der Waals surface area contributed by atoms with E-state index in [4.69, 9.17) is 4.98 Å². The normalized spacial score (nSPS) is 16.6. The predicted octanol–water partition coefficient (Wildman–Crippen LogP) is 3.32. The average molecular weight is 334 g/mol. The van der Waals surface area contributed by atoms with Gasteiger partial charge in [-0.1, -0.05) is 12.1 Å². The highest BCUT2D eigenvalue weighted by molar-refractivity contribution is 7.18.